The molecule has 0 spiro atoms. The second kappa shape index (κ2) is 3.05. The predicted octanol–water partition coefficient (Wildman–Crippen LogP) is 0.250. The van der Waals surface area contributed by atoms with Crippen LogP contribution < -0.4 is 5.32 Å². The molecular weight excluding hydrogens is 156 g/mol. The number of carbonyl (C=O) groups excluding carboxylic acids is 1. The first-order valence-corrected chi connectivity index (χ1v) is 3.35. The first-order valence-electron chi connectivity index (χ1n) is 3.35. The summed E-state index contributed by atoms with van der Waals surface area (Å²) in [5.41, 5.74) is 0.368. The van der Waals surface area contributed by atoms with E-state index in [2.05, 4.69) is 10.4 Å². The van der Waals surface area contributed by atoms with Crippen LogP contribution in [0.5, 0.6) is 0 Å². The number of carbonyl (C=O) groups is 1. The molecule has 0 saturated heterocycles. The molecule has 1 amide bonds. The molecule has 0 radical (unpaired) electrons. The zero-order valence-electron chi connectivity index (χ0n) is 6.83. The molecule has 0 aliphatic heterocycles. The first-order chi connectivity index (χ1) is 5.63. The summed E-state index contributed by atoms with van der Waals surface area (Å²) in [5, 5.41) is 14.9. The van der Waals surface area contributed by atoms with E-state index >= 15 is 0 Å². The fourth-order valence-corrected chi connectivity index (χ4v) is 0.829. The summed E-state index contributed by atoms with van der Waals surface area (Å²) < 4.78 is 1.48. The van der Waals surface area contributed by atoms with Gasteiger partial charge in [-0.3, -0.25) is 9.48 Å². The van der Waals surface area contributed by atoms with E-state index in [-0.39, 0.29) is 5.91 Å². The Balaban J connectivity index is 2.99. The van der Waals surface area contributed by atoms with Crippen molar-refractivity contribution in [3.8, 4) is 6.07 Å². The van der Waals surface area contributed by atoms with Crippen LogP contribution in [-0.2, 0) is 11.8 Å². The van der Waals surface area contributed by atoms with Gasteiger partial charge in [0.25, 0.3) is 0 Å². The Morgan fingerprint density at radius 3 is 3.00 bits per heavy atom. The van der Waals surface area contributed by atoms with Crippen molar-refractivity contribution in [1.82, 2.24) is 9.78 Å². The molecule has 1 heterocycles. The lowest BCUT2D eigenvalue weighted by atomic mass is 10.3. The molecule has 12 heavy (non-hydrogen) atoms. The van der Waals surface area contributed by atoms with E-state index in [1.807, 2.05) is 6.07 Å². The molecule has 5 heteroatoms. The molecule has 1 aromatic heterocycles. The Morgan fingerprint density at radius 2 is 2.50 bits per heavy atom. The van der Waals surface area contributed by atoms with E-state index in [9.17, 15) is 4.79 Å². The van der Waals surface area contributed by atoms with Crippen LogP contribution in [0.3, 0.4) is 0 Å². The summed E-state index contributed by atoms with van der Waals surface area (Å²) in [6.07, 6.45) is 1.55. The Labute approximate surface area is 69.6 Å². The number of hydrogen-bond donors (Lipinski definition) is 1. The van der Waals surface area contributed by atoms with Gasteiger partial charge in [0.2, 0.25) is 5.91 Å². The lowest BCUT2D eigenvalue weighted by Gasteiger charge is -1.94. The van der Waals surface area contributed by atoms with Gasteiger partial charge in [0.1, 0.15) is 11.6 Å². The van der Waals surface area contributed by atoms with Gasteiger partial charge in [0, 0.05) is 20.2 Å². The first kappa shape index (κ1) is 8.27. The third-order valence-electron chi connectivity index (χ3n) is 1.24. The third kappa shape index (κ3) is 1.61. The maximum atomic E-state index is 10.6. The van der Waals surface area contributed by atoms with E-state index in [1.165, 1.54) is 11.6 Å². The van der Waals surface area contributed by atoms with Crippen LogP contribution in [-0.4, -0.2) is 15.7 Å². The average molecular weight is 164 g/mol. The molecule has 1 aromatic rings. The van der Waals surface area contributed by atoms with Gasteiger partial charge in [-0.05, 0) is 0 Å². The number of nitrogens with one attached hydrogen (secondary N) is 1. The number of nitrogens with zero attached hydrogens (tertiary/aromatic N) is 3. The topological polar surface area (TPSA) is 70.7 Å². The third-order valence-corrected chi connectivity index (χ3v) is 1.24. The van der Waals surface area contributed by atoms with E-state index in [0.29, 0.717) is 11.4 Å². The molecule has 62 valence electrons. The van der Waals surface area contributed by atoms with Gasteiger partial charge in [-0.15, -0.1) is 0 Å². The van der Waals surface area contributed by atoms with Crippen LogP contribution in [0.25, 0.3) is 0 Å². The lowest BCUT2D eigenvalue weighted by Crippen LogP contribution is -2.07. The maximum Gasteiger partial charge on any atom is 0.222 e. The smallest absolute Gasteiger partial charge is 0.222 e. The van der Waals surface area contributed by atoms with E-state index < -0.39 is 0 Å². The zero-order chi connectivity index (χ0) is 9.14. The van der Waals surface area contributed by atoms with Crippen molar-refractivity contribution in [3.63, 3.8) is 0 Å². The summed E-state index contributed by atoms with van der Waals surface area (Å²) >= 11 is 0. The van der Waals surface area contributed by atoms with Crippen molar-refractivity contribution >= 4 is 11.7 Å². The minimum atomic E-state index is -0.231. The number of hydrogen-bond acceptors (Lipinski definition) is 3. The molecule has 0 aliphatic rings. The number of aryl methyl sites for hydroxylation is 1. The molecule has 0 bridgehead atoms. The molecular formula is C7H8N4O. The zero-order valence-corrected chi connectivity index (χ0v) is 6.83. The normalized spacial score (nSPS) is 9.08. The van der Waals surface area contributed by atoms with Crippen molar-refractivity contribution in [3.05, 3.63) is 11.8 Å². The molecule has 0 aliphatic carbocycles. The van der Waals surface area contributed by atoms with Crippen LogP contribution in [0.1, 0.15) is 12.5 Å². The van der Waals surface area contributed by atoms with E-state index in [1.54, 1.807) is 13.2 Å². The van der Waals surface area contributed by atoms with Gasteiger partial charge in [-0.2, -0.15) is 10.4 Å². The van der Waals surface area contributed by atoms with Crippen molar-refractivity contribution in [2.75, 3.05) is 5.32 Å². The van der Waals surface area contributed by atoms with Crippen LogP contribution >= 0.6 is 0 Å². The van der Waals surface area contributed by atoms with Crippen molar-refractivity contribution in [2.24, 2.45) is 7.05 Å². The highest BCUT2D eigenvalue weighted by Gasteiger charge is 2.06. The van der Waals surface area contributed by atoms with Gasteiger partial charge in [0.05, 0.1) is 0 Å². The van der Waals surface area contributed by atoms with Crippen LogP contribution in [0.4, 0.5) is 5.82 Å². The number of amides is 1. The second-order valence-electron chi connectivity index (χ2n) is 2.36. The number of nitriles is 1. The highest BCUT2D eigenvalue weighted by Crippen LogP contribution is 2.09. The highest BCUT2D eigenvalue weighted by molar-refractivity contribution is 5.88. The molecule has 1 rings (SSSR count). The Hall–Kier alpha value is -1.83. The van der Waals surface area contributed by atoms with Gasteiger partial charge in [0.15, 0.2) is 5.82 Å². The van der Waals surface area contributed by atoms with Crippen molar-refractivity contribution in [1.29, 1.82) is 5.26 Å². The summed E-state index contributed by atoms with van der Waals surface area (Å²) in [5.74, 6) is 0.0812. The van der Waals surface area contributed by atoms with Crippen molar-refractivity contribution in [2.45, 2.75) is 6.92 Å². The molecule has 5 nitrogen and oxygen atoms in total. The van der Waals surface area contributed by atoms with Gasteiger partial charge < -0.3 is 5.32 Å². The van der Waals surface area contributed by atoms with Gasteiger partial charge >= 0.3 is 0 Å². The quantitative estimate of drug-likeness (QED) is 0.646. The molecule has 0 aromatic carbocycles. The monoisotopic (exact) mass is 164 g/mol. The fraction of sp³-hybridized carbons (Fsp3) is 0.286. The standard InChI is InChI=1S/C7H8N4O/c1-5(12)9-7-6(3-8)4-11(2)10-7/h4H,1-2H3,(H,9,10,12). The molecule has 0 saturated carbocycles. The van der Waals surface area contributed by atoms with Crippen LogP contribution in [0, 0.1) is 11.3 Å². The number of anilines is 1. The minimum absolute atomic E-state index is 0.231. The van der Waals surface area contributed by atoms with E-state index in [4.69, 9.17) is 5.26 Å². The average Bonchev–Trinajstić information content (AvgIpc) is 2.29. The molecule has 0 atom stereocenters. The Kier molecular flexibility index (Phi) is 2.10. The Bertz CT molecular complexity index is 347. The summed E-state index contributed by atoms with van der Waals surface area (Å²) in [4.78, 5) is 10.6. The molecule has 1 N–H and O–H groups in total. The lowest BCUT2D eigenvalue weighted by molar-refractivity contribution is -0.114. The Morgan fingerprint density at radius 1 is 1.83 bits per heavy atom. The van der Waals surface area contributed by atoms with E-state index in [0.717, 1.165) is 0 Å². The predicted molar refractivity (Wildman–Crippen MR) is 42.2 cm³/mol. The summed E-state index contributed by atoms with van der Waals surface area (Å²) in [7, 11) is 1.69. The van der Waals surface area contributed by atoms with Gasteiger partial charge in [-0.25, -0.2) is 0 Å². The largest absolute Gasteiger partial charge is 0.308 e. The maximum absolute atomic E-state index is 10.6. The molecule has 0 fully saturated rings. The second-order valence-corrected chi connectivity index (χ2v) is 2.36. The highest BCUT2D eigenvalue weighted by atomic mass is 16.1. The molecule has 0 unspecified atom stereocenters. The SMILES string of the molecule is CC(=O)Nc1nn(C)cc1C#N. The summed E-state index contributed by atoms with van der Waals surface area (Å²) in [6, 6.07) is 1.92. The number of aromatic nitrogens is 2. The van der Waals surface area contributed by atoms with Gasteiger partial charge in [-0.1, -0.05) is 0 Å². The number of rotatable bonds is 1. The van der Waals surface area contributed by atoms with Crippen LogP contribution in [0.15, 0.2) is 6.20 Å². The fourth-order valence-electron chi connectivity index (χ4n) is 0.829. The van der Waals surface area contributed by atoms with Crippen LogP contribution in [0.2, 0.25) is 0 Å². The minimum Gasteiger partial charge on any atom is -0.308 e. The van der Waals surface area contributed by atoms with Crippen molar-refractivity contribution < 1.29 is 4.79 Å². The summed E-state index contributed by atoms with van der Waals surface area (Å²) in [6.45, 7) is 1.37.